The average molecular weight is 270 g/mol. The summed E-state index contributed by atoms with van der Waals surface area (Å²) in [6, 6.07) is 10.1. The van der Waals surface area contributed by atoms with Gasteiger partial charge in [-0.25, -0.2) is 0 Å². The van der Waals surface area contributed by atoms with E-state index in [1.54, 1.807) is 6.07 Å². The summed E-state index contributed by atoms with van der Waals surface area (Å²) in [6.07, 6.45) is 1.43. The maximum Gasteiger partial charge on any atom is 0.311 e. The molecule has 2 aromatic carbocycles. The third-order valence-electron chi connectivity index (χ3n) is 3.16. The largest absolute Gasteiger partial charge is 0.502 e. The van der Waals surface area contributed by atoms with Crippen LogP contribution in [-0.2, 0) is 0 Å². The molecule has 0 spiro atoms. The zero-order valence-corrected chi connectivity index (χ0v) is 11.2. The summed E-state index contributed by atoms with van der Waals surface area (Å²) < 4.78 is 0. The van der Waals surface area contributed by atoms with Crippen LogP contribution in [0.5, 0.6) is 5.75 Å². The smallest absolute Gasteiger partial charge is 0.311 e. The van der Waals surface area contributed by atoms with Gasteiger partial charge in [0.15, 0.2) is 0 Å². The normalized spacial score (nSPS) is 10.9. The Hall–Kier alpha value is -2.69. The maximum atomic E-state index is 10.7. The number of aromatic hydroxyl groups is 1. The predicted octanol–water partition coefficient (Wildman–Crippen LogP) is 3.67. The molecule has 5 nitrogen and oxygen atoms in total. The Morgan fingerprint density at radius 2 is 1.90 bits per heavy atom. The molecule has 0 saturated carbocycles. The number of benzene rings is 2. The van der Waals surface area contributed by atoms with E-state index in [1.165, 1.54) is 18.3 Å². The molecule has 0 heterocycles. The molecule has 0 aliphatic rings. The molecule has 0 aromatic heterocycles. The number of nitro groups is 1. The highest BCUT2D eigenvalue weighted by atomic mass is 16.6. The minimum atomic E-state index is -0.620. The second kappa shape index (κ2) is 5.52. The molecule has 0 saturated heterocycles. The van der Waals surface area contributed by atoms with E-state index < -0.39 is 4.92 Å². The molecule has 0 radical (unpaired) electrons. The zero-order valence-electron chi connectivity index (χ0n) is 11.2. The van der Waals surface area contributed by atoms with Gasteiger partial charge in [-0.05, 0) is 37.1 Å². The van der Waals surface area contributed by atoms with E-state index >= 15 is 0 Å². The van der Waals surface area contributed by atoms with Crippen LogP contribution in [0.3, 0.4) is 0 Å². The van der Waals surface area contributed by atoms with Crippen LogP contribution < -0.4 is 0 Å². The van der Waals surface area contributed by atoms with Crippen molar-refractivity contribution in [2.45, 2.75) is 13.8 Å². The molecule has 0 unspecified atom stereocenters. The highest BCUT2D eigenvalue weighted by Crippen LogP contribution is 2.29. The summed E-state index contributed by atoms with van der Waals surface area (Å²) in [5.74, 6) is -0.369. The lowest BCUT2D eigenvalue weighted by Crippen LogP contribution is -1.91. The van der Waals surface area contributed by atoms with Crippen molar-refractivity contribution in [2.75, 3.05) is 0 Å². The van der Waals surface area contributed by atoms with Crippen molar-refractivity contribution in [3.8, 4) is 5.75 Å². The molecule has 20 heavy (non-hydrogen) atoms. The second-order valence-corrected chi connectivity index (χ2v) is 4.45. The molecule has 0 atom stereocenters. The van der Waals surface area contributed by atoms with E-state index in [0.29, 0.717) is 5.56 Å². The van der Waals surface area contributed by atoms with Crippen molar-refractivity contribution >= 4 is 17.6 Å². The SMILES string of the molecule is Cc1cccc(N=Cc2cccc([N+](=O)[O-])c2O)c1C. The van der Waals surface area contributed by atoms with Gasteiger partial charge in [0.05, 0.1) is 10.6 Å². The van der Waals surface area contributed by atoms with Gasteiger partial charge in [0, 0.05) is 17.8 Å². The Morgan fingerprint density at radius 3 is 2.60 bits per heavy atom. The van der Waals surface area contributed by atoms with Gasteiger partial charge in [0.25, 0.3) is 0 Å². The molecule has 2 aromatic rings. The number of hydrogen-bond acceptors (Lipinski definition) is 4. The molecule has 5 heteroatoms. The Morgan fingerprint density at radius 1 is 1.20 bits per heavy atom. The predicted molar refractivity (Wildman–Crippen MR) is 77.9 cm³/mol. The Labute approximate surface area is 116 Å². The van der Waals surface area contributed by atoms with E-state index in [4.69, 9.17) is 0 Å². The van der Waals surface area contributed by atoms with Gasteiger partial charge in [-0.15, -0.1) is 0 Å². The summed E-state index contributed by atoms with van der Waals surface area (Å²) in [4.78, 5) is 14.4. The molecular weight excluding hydrogens is 256 g/mol. The van der Waals surface area contributed by atoms with Crippen LogP contribution in [-0.4, -0.2) is 16.2 Å². The van der Waals surface area contributed by atoms with Crippen LogP contribution in [0.1, 0.15) is 16.7 Å². The Balaban J connectivity index is 2.40. The lowest BCUT2D eigenvalue weighted by Gasteiger charge is -2.03. The summed E-state index contributed by atoms with van der Waals surface area (Å²) in [5.41, 5.74) is 2.92. The standard InChI is InChI=1S/C15H14N2O3/c1-10-5-3-7-13(11(10)2)16-9-12-6-4-8-14(15(12)18)17(19)20/h3-9,18H,1-2H3. The summed E-state index contributed by atoms with van der Waals surface area (Å²) in [5, 5.41) is 20.6. The van der Waals surface area contributed by atoms with Crippen LogP contribution in [0.4, 0.5) is 11.4 Å². The molecule has 2 rings (SSSR count). The highest BCUT2D eigenvalue weighted by molar-refractivity contribution is 5.87. The molecule has 1 N–H and O–H groups in total. The second-order valence-electron chi connectivity index (χ2n) is 4.45. The molecule has 0 fully saturated rings. The fourth-order valence-corrected chi connectivity index (χ4v) is 1.81. The van der Waals surface area contributed by atoms with Gasteiger partial charge in [0.1, 0.15) is 0 Å². The third kappa shape index (κ3) is 2.66. The number of phenols is 1. The van der Waals surface area contributed by atoms with E-state index in [0.717, 1.165) is 16.8 Å². The van der Waals surface area contributed by atoms with E-state index in [2.05, 4.69) is 4.99 Å². The number of phenolic OH excluding ortho intramolecular Hbond substituents is 1. The van der Waals surface area contributed by atoms with Crippen molar-refractivity contribution < 1.29 is 10.0 Å². The maximum absolute atomic E-state index is 10.7. The summed E-state index contributed by atoms with van der Waals surface area (Å²) in [7, 11) is 0. The molecule has 0 bridgehead atoms. The van der Waals surface area contributed by atoms with Crippen molar-refractivity contribution in [1.29, 1.82) is 0 Å². The monoisotopic (exact) mass is 270 g/mol. The molecule has 0 aliphatic heterocycles. The van der Waals surface area contributed by atoms with Gasteiger partial charge in [-0.3, -0.25) is 15.1 Å². The number of para-hydroxylation sites is 1. The van der Waals surface area contributed by atoms with E-state index in [-0.39, 0.29) is 11.4 Å². The fourth-order valence-electron chi connectivity index (χ4n) is 1.81. The average Bonchev–Trinajstić information content (AvgIpc) is 2.41. The first-order valence-corrected chi connectivity index (χ1v) is 6.07. The third-order valence-corrected chi connectivity index (χ3v) is 3.16. The van der Waals surface area contributed by atoms with Crippen LogP contribution in [0.15, 0.2) is 41.4 Å². The van der Waals surface area contributed by atoms with Crippen LogP contribution >= 0.6 is 0 Å². The van der Waals surface area contributed by atoms with Gasteiger partial charge >= 0.3 is 5.69 Å². The number of aliphatic imine (C=N–C) groups is 1. The van der Waals surface area contributed by atoms with Gasteiger partial charge < -0.3 is 5.11 Å². The molecule has 0 aliphatic carbocycles. The number of nitrogens with zero attached hydrogens (tertiary/aromatic N) is 2. The number of aryl methyl sites for hydroxylation is 1. The van der Waals surface area contributed by atoms with Crippen molar-refractivity contribution in [3.63, 3.8) is 0 Å². The van der Waals surface area contributed by atoms with E-state index in [1.807, 2.05) is 32.0 Å². The number of nitro benzene ring substituents is 1. The highest BCUT2D eigenvalue weighted by Gasteiger charge is 2.15. The Kier molecular flexibility index (Phi) is 3.79. The first-order chi connectivity index (χ1) is 9.50. The van der Waals surface area contributed by atoms with Gasteiger partial charge in [0.2, 0.25) is 5.75 Å². The molecule has 102 valence electrons. The summed E-state index contributed by atoms with van der Waals surface area (Å²) >= 11 is 0. The zero-order chi connectivity index (χ0) is 14.7. The van der Waals surface area contributed by atoms with Crippen LogP contribution in [0.2, 0.25) is 0 Å². The minimum Gasteiger partial charge on any atom is -0.502 e. The van der Waals surface area contributed by atoms with Crippen molar-refractivity contribution in [1.82, 2.24) is 0 Å². The van der Waals surface area contributed by atoms with Crippen molar-refractivity contribution in [2.24, 2.45) is 4.99 Å². The minimum absolute atomic E-state index is 0.320. The first kappa shape index (κ1) is 13.7. The van der Waals surface area contributed by atoms with Crippen LogP contribution in [0.25, 0.3) is 0 Å². The lowest BCUT2D eigenvalue weighted by molar-refractivity contribution is -0.385. The molecule has 0 amide bonds. The van der Waals surface area contributed by atoms with Crippen molar-refractivity contribution in [3.05, 3.63) is 63.2 Å². The lowest BCUT2D eigenvalue weighted by atomic mass is 10.1. The van der Waals surface area contributed by atoms with Gasteiger partial charge in [-0.2, -0.15) is 0 Å². The van der Waals surface area contributed by atoms with Gasteiger partial charge in [-0.1, -0.05) is 18.2 Å². The van der Waals surface area contributed by atoms with Crippen LogP contribution in [0, 0.1) is 24.0 Å². The van der Waals surface area contributed by atoms with E-state index in [9.17, 15) is 15.2 Å². The molecular formula is C15H14N2O3. The number of hydrogen-bond donors (Lipinski definition) is 1. The Bertz CT molecular complexity index is 694. The first-order valence-electron chi connectivity index (χ1n) is 6.07. The topological polar surface area (TPSA) is 75.7 Å². The quantitative estimate of drug-likeness (QED) is 0.525. The number of rotatable bonds is 3. The summed E-state index contributed by atoms with van der Waals surface area (Å²) in [6.45, 7) is 3.94. The fraction of sp³-hybridized carbons (Fsp3) is 0.133.